The molecule has 0 atom stereocenters. The number of nitrogens with zero attached hydrogens (tertiary/aromatic N) is 2. The topological polar surface area (TPSA) is 17.8 Å². The molecule has 0 radical (unpaired) electrons. The average molecular weight is 473 g/mol. The summed E-state index contributed by atoms with van der Waals surface area (Å²) in [6.07, 6.45) is 10.2. The molecule has 0 N–H and O–H groups in total. The molecule has 0 unspecified atom stereocenters. The molecule has 27 heavy (non-hydrogen) atoms. The Morgan fingerprint density at radius 3 is 2.33 bits per heavy atom. The number of allylic oxidation sites excluding steroid dienone is 4. The largest absolute Gasteiger partial charge is 4.00 e. The minimum absolute atomic E-state index is 0. The molecule has 2 nitrogen and oxygen atoms in total. The summed E-state index contributed by atoms with van der Waals surface area (Å²) in [6.45, 7) is 2.06. The number of rotatable bonds is 1. The summed E-state index contributed by atoms with van der Waals surface area (Å²) in [5, 5.41) is 8.16. The first kappa shape index (κ1) is 23.5. The van der Waals surface area contributed by atoms with Crippen molar-refractivity contribution in [1.82, 2.24) is 9.78 Å². The molecule has 0 spiro atoms. The normalized spacial score (nSPS) is 11.7. The minimum Gasteiger partial charge on any atom is -1.00 e. The van der Waals surface area contributed by atoms with Gasteiger partial charge >= 0.3 is 26.2 Å². The van der Waals surface area contributed by atoms with E-state index in [2.05, 4.69) is 78.8 Å². The molecule has 0 aliphatic heterocycles. The molecular weight excluding hydrogens is 454 g/mol. The molecule has 0 bridgehead atoms. The summed E-state index contributed by atoms with van der Waals surface area (Å²) in [5.74, 6) is 0. The Hall–Kier alpha value is -1.54. The maximum absolute atomic E-state index is 4.48. The maximum Gasteiger partial charge on any atom is 4.00 e. The summed E-state index contributed by atoms with van der Waals surface area (Å²) in [7, 11) is 0. The zero-order valence-electron chi connectivity index (χ0n) is 14.9. The summed E-state index contributed by atoms with van der Waals surface area (Å²) in [4.78, 5) is 0. The van der Waals surface area contributed by atoms with Gasteiger partial charge in [0.1, 0.15) is 0 Å². The fourth-order valence-corrected chi connectivity index (χ4v) is 2.95. The van der Waals surface area contributed by atoms with E-state index in [4.69, 9.17) is 0 Å². The van der Waals surface area contributed by atoms with Crippen LogP contribution in [0.4, 0.5) is 0 Å². The monoisotopic (exact) mass is 470 g/mol. The number of halogens is 2. The summed E-state index contributed by atoms with van der Waals surface area (Å²) < 4.78 is 2.00. The summed E-state index contributed by atoms with van der Waals surface area (Å²) >= 11 is 0. The third-order valence-electron chi connectivity index (χ3n) is 4.19. The minimum atomic E-state index is 0. The fraction of sp³-hybridized carbons (Fsp3) is 0.0909. The molecule has 0 saturated heterocycles. The SMILES string of the molecule is CC1=[C-]CC=C1.[Cl-].[Cl-].[Zr+4].c1ccc2[cH-]c(-n3ncc4ccccc43)cc2c1. The number of hydrogen-bond donors (Lipinski definition) is 0. The molecule has 1 aromatic heterocycles. The van der Waals surface area contributed by atoms with Gasteiger partial charge in [0.25, 0.3) is 0 Å². The average Bonchev–Trinajstić information content (AvgIpc) is 3.33. The number of para-hydroxylation sites is 1. The van der Waals surface area contributed by atoms with Crippen molar-refractivity contribution >= 4 is 21.7 Å². The van der Waals surface area contributed by atoms with Crippen LogP contribution in [0.5, 0.6) is 0 Å². The first-order valence-electron chi connectivity index (χ1n) is 8.14. The van der Waals surface area contributed by atoms with Crippen molar-refractivity contribution in [3.8, 4) is 5.69 Å². The van der Waals surface area contributed by atoms with Crippen LogP contribution in [0.15, 0.2) is 84.6 Å². The third kappa shape index (κ3) is 5.26. The van der Waals surface area contributed by atoms with Gasteiger partial charge in [-0.3, -0.25) is 10.8 Å². The van der Waals surface area contributed by atoms with Gasteiger partial charge in [-0.25, -0.2) is 11.6 Å². The van der Waals surface area contributed by atoms with Crippen LogP contribution in [0.2, 0.25) is 0 Å². The molecule has 1 heterocycles. The van der Waals surface area contributed by atoms with E-state index in [0.29, 0.717) is 0 Å². The van der Waals surface area contributed by atoms with Gasteiger partial charge in [-0.05, 0) is 11.8 Å². The number of hydrogen-bond acceptors (Lipinski definition) is 1. The molecule has 3 aromatic carbocycles. The number of benzene rings is 2. The molecule has 0 amide bonds. The Morgan fingerprint density at radius 1 is 1.00 bits per heavy atom. The van der Waals surface area contributed by atoms with Gasteiger partial charge in [0, 0.05) is 5.39 Å². The fourth-order valence-electron chi connectivity index (χ4n) is 2.95. The van der Waals surface area contributed by atoms with Gasteiger partial charge < -0.3 is 24.8 Å². The number of fused-ring (bicyclic) bond motifs is 2. The summed E-state index contributed by atoms with van der Waals surface area (Å²) in [6, 6.07) is 21.0. The molecular formula is C22H18Cl2N2Zr. The van der Waals surface area contributed by atoms with Gasteiger partial charge in [-0.1, -0.05) is 31.2 Å². The molecule has 0 fully saturated rings. The molecule has 0 saturated carbocycles. The first-order chi connectivity index (χ1) is 11.8. The van der Waals surface area contributed by atoms with Crippen LogP contribution in [-0.4, -0.2) is 9.78 Å². The first-order valence-corrected chi connectivity index (χ1v) is 8.14. The van der Waals surface area contributed by atoms with Crippen LogP contribution >= 0.6 is 0 Å². The third-order valence-corrected chi connectivity index (χ3v) is 4.19. The van der Waals surface area contributed by atoms with E-state index >= 15 is 0 Å². The van der Waals surface area contributed by atoms with Crippen molar-refractivity contribution in [2.75, 3.05) is 0 Å². The van der Waals surface area contributed by atoms with Crippen molar-refractivity contribution in [2.24, 2.45) is 0 Å². The van der Waals surface area contributed by atoms with Crippen LogP contribution in [0, 0.1) is 6.08 Å². The summed E-state index contributed by atoms with van der Waals surface area (Å²) in [5.41, 5.74) is 3.54. The Kier molecular flexibility index (Phi) is 9.32. The Morgan fingerprint density at radius 2 is 1.70 bits per heavy atom. The van der Waals surface area contributed by atoms with Gasteiger partial charge in [0.05, 0.1) is 11.7 Å². The quantitative estimate of drug-likeness (QED) is 0.345. The predicted octanol–water partition coefficient (Wildman–Crippen LogP) is -0.401. The van der Waals surface area contributed by atoms with E-state index in [-0.39, 0.29) is 51.0 Å². The molecule has 5 rings (SSSR count). The molecule has 134 valence electrons. The van der Waals surface area contributed by atoms with Crippen molar-refractivity contribution in [2.45, 2.75) is 13.3 Å². The standard InChI is InChI=1S/C16H11N2.C6H7.2ClH.Zr/c1-2-6-13-10-15(9-12(13)5-1)18-16-8-4-3-7-14(16)11-17-18;1-6-4-2-3-5-6;;;/h1-11H;2,4H,3H2,1H3;2*1H;/q2*-1;;;+4/p-2. The van der Waals surface area contributed by atoms with Gasteiger partial charge in [0.2, 0.25) is 0 Å². The van der Waals surface area contributed by atoms with Crippen molar-refractivity contribution in [3.63, 3.8) is 0 Å². The van der Waals surface area contributed by atoms with E-state index < -0.39 is 0 Å². The van der Waals surface area contributed by atoms with E-state index in [0.717, 1.165) is 17.6 Å². The zero-order chi connectivity index (χ0) is 16.4. The predicted molar refractivity (Wildman–Crippen MR) is 100 cm³/mol. The van der Waals surface area contributed by atoms with Crippen molar-refractivity contribution in [3.05, 3.63) is 90.7 Å². The van der Waals surface area contributed by atoms with Crippen LogP contribution in [-0.2, 0) is 26.2 Å². The Balaban J connectivity index is 0.000000354. The Labute approximate surface area is 191 Å². The zero-order valence-corrected chi connectivity index (χ0v) is 18.8. The van der Waals surface area contributed by atoms with E-state index in [1.807, 2.05) is 23.0 Å². The molecule has 4 aromatic rings. The van der Waals surface area contributed by atoms with Crippen molar-refractivity contribution < 1.29 is 51.0 Å². The second kappa shape index (κ2) is 10.7. The molecule has 1 aliphatic carbocycles. The van der Waals surface area contributed by atoms with Crippen LogP contribution in [0.3, 0.4) is 0 Å². The van der Waals surface area contributed by atoms with Gasteiger partial charge in [-0.15, -0.1) is 47.5 Å². The van der Waals surface area contributed by atoms with E-state index in [9.17, 15) is 0 Å². The van der Waals surface area contributed by atoms with Gasteiger partial charge in [0.15, 0.2) is 0 Å². The number of aromatic nitrogens is 2. The van der Waals surface area contributed by atoms with Crippen LogP contribution < -0.4 is 24.8 Å². The van der Waals surface area contributed by atoms with Crippen LogP contribution in [0.1, 0.15) is 13.3 Å². The maximum atomic E-state index is 4.48. The smallest absolute Gasteiger partial charge is 1.00 e. The van der Waals surface area contributed by atoms with E-state index in [1.54, 1.807) is 0 Å². The molecule has 5 heteroatoms. The van der Waals surface area contributed by atoms with Gasteiger partial charge in [-0.2, -0.15) is 11.2 Å². The Bertz CT molecular complexity index is 1020. The van der Waals surface area contributed by atoms with Crippen LogP contribution in [0.25, 0.3) is 27.4 Å². The second-order valence-electron chi connectivity index (χ2n) is 5.92. The molecule has 1 aliphatic rings. The second-order valence-corrected chi connectivity index (χ2v) is 5.92. The van der Waals surface area contributed by atoms with E-state index in [1.165, 1.54) is 21.7 Å². The van der Waals surface area contributed by atoms with Crippen molar-refractivity contribution in [1.29, 1.82) is 0 Å².